The second kappa shape index (κ2) is 10.4. The third kappa shape index (κ3) is 6.48. The molecule has 8 nitrogen and oxygen atoms in total. The van der Waals surface area contributed by atoms with Gasteiger partial charge >= 0.3 is 18.1 Å². The van der Waals surface area contributed by atoms with E-state index in [0.717, 1.165) is 30.3 Å². The molecule has 1 unspecified atom stereocenters. The van der Waals surface area contributed by atoms with E-state index in [9.17, 15) is 32.9 Å². The molecule has 0 spiro atoms. The van der Waals surface area contributed by atoms with Crippen LogP contribution >= 0.6 is 11.6 Å². The standard InChI is InChI=1S/C23H15ClF3NO7/c1-13(21(29)35-15-5-3-2-4-6-15)33-22(30)17-12-16(8-9-19(17)28(31)32)34-20-10-7-14(11-18(20)24)23(25,26)27/h2-13H,1H3. The summed E-state index contributed by atoms with van der Waals surface area (Å²) < 4.78 is 54.0. The highest BCUT2D eigenvalue weighted by molar-refractivity contribution is 6.32. The number of esters is 2. The monoisotopic (exact) mass is 509 g/mol. The molecule has 0 aliphatic rings. The third-order valence-electron chi connectivity index (χ3n) is 4.45. The number of hydrogen-bond donors (Lipinski definition) is 0. The van der Waals surface area contributed by atoms with Gasteiger partial charge in [0.05, 0.1) is 15.5 Å². The van der Waals surface area contributed by atoms with Gasteiger partial charge in [0.2, 0.25) is 0 Å². The number of nitro benzene ring substituents is 1. The predicted octanol–water partition coefficient (Wildman–Crippen LogP) is 6.21. The summed E-state index contributed by atoms with van der Waals surface area (Å²) in [7, 11) is 0. The molecule has 3 rings (SSSR count). The van der Waals surface area contributed by atoms with Crippen LogP contribution in [-0.4, -0.2) is 23.0 Å². The van der Waals surface area contributed by atoms with E-state index in [2.05, 4.69) is 0 Å². The zero-order valence-corrected chi connectivity index (χ0v) is 18.5. The molecular weight excluding hydrogens is 495 g/mol. The smallest absolute Gasteiger partial charge is 0.416 e. The molecule has 0 heterocycles. The minimum atomic E-state index is -4.62. The molecule has 0 saturated carbocycles. The van der Waals surface area contributed by atoms with Crippen LogP contribution in [0.4, 0.5) is 18.9 Å². The van der Waals surface area contributed by atoms with Gasteiger partial charge in [-0.3, -0.25) is 10.1 Å². The Kier molecular flexibility index (Phi) is 7.60. The quantitative estimate of drug-likeness (QED) is 0.161. The van der Waals surface area contributed by atoms with Gasteiger partial charge in [-0.15, -0.1) is 0 Å². The van der Waals surface area contributed by atoms with Crippen LogP contribution in [0.25, 0.3) is 0 Å². The van der Waals surface area contributed by atoms with E-state index < -0.39 is 46.0 Å². The molecule has 0 N–H and O–H groups in total. The van der Waals surface area contributed by atoms with Crippen LogP contribution in [0, 0.1) is 10.1 Å². The molecular formula is C23H15ClF3NO7. The zero-order chi connectivity index (χ0) is 25.8. The number of alkyl halides is 3. The highest BCUT2D eigenvalue weighted by Crippen LogP contribution is 2.37. The van der Waals surface area contributed by atoms with Crippen molar-refractivity contribution in [2.24, 2.45) is 0 Å². The third-order valence-corrected chi connectivity index (χ3v) is 4.74. The number of rotatable bonds is 7. The number of carbonyl (C=O) groups excluding carboxylic acids is 2. The Morgan fingerprint density at radius 1 is 1.00 bits per heavy atom. The normalized spacial score (nSPS) is 11.9. The van der Waals surface area contributed by atoms with Gasteiger partial charge in [0.15, 0.2) is 6.10 Å². The van der Waals surface area contributed by atoms with Crippen molar-refractivity contribution >= 4 is 29.2 Å². The van der Waals surface area contributed by atoms with Crippen molar-refractivity contribution < 1.29 is 41.9 Å². The van der Waals surface area contributed by atoms with Crippen molar-refractivity contribution in [3.05, 3.63) is 93.0 Å². The Hall–Kier alpha value is -4.12. The maximum atomic E-state index is 12.8. The number of hydrogen-bond acceptors (Lipinski definition) is 7. The van der Waals surface area contributed by atoms with Crippen molar-refractivity contribution in [3.8, 4) is 17.2 Å². The summed E-state index contributed by atoms with van der Waals surface area (Å²) in [5, 5.41) is 11.0. The summed E-state index contributed by atoms with van der Waals surface area (Å²) in [5.74, 6) is -2.28. The van der Waals surface area contributed by atoms with E-state index in [1.54, 1.807) is 18.2 Å². The number of benzene rings is 3. The van der Waals surface area contributed by atoms with E-state index in [0.29, 0.717) is 6.07 Å². The average Bonchev–Trinajstić information content (AvgIpc) is 2.80. The summed E-state index contributed by atoms with van der Waals surface area (Å²) >= 11 is 5.86. The number of para-hydroxylation sites is 1. The van der Waals surface area contributed by atoms with Gasteiger partial charge in [0.1, 0.15) is 22.8 Å². The van der Waals surface area contributed by atoms with E-state index in [1.165, 1.54) is 19.1 Å². The summed E-state index contributed by atoms with van der Waals surface area (Å²) in [5.41, 5.74) is -2.21. The van der Waals surface area contributed by atoms with Crippen LogP contribution in [0.1, 0.15) is 22.8 Å². The summed E-state index contributed by atoms with van der Waals surface area (Å²) in [6.07, 6.45) is -6.04. The molecule has 35 heavy (non-hydrogen) atoms. The van der Waals surface area contributed by atoms with Crippen LogP contribution in [0.2, 0.25) is 5.02 Å². The predicted molar refractivity (Wildman–Crippen MR) is 117 cm³/mol. The molecule has 3 aromatic rings. The van der Waals surface area contributed by atoms with Crippen LogP contribution in [0.3, 0.4) is 0 Å². The van der Waals surface area contributed by atoms with E-state index in [1.807, 2.05) is 0 Å². The zero-order valence-electron chi connectivity index (χ0n) is 17.7. The maximum Gasteiger partial charge on any atom is 0.416 e. The number of halogens is 4. The number of ether oxygens (including phenoxy) is 3. The Balaban J connectivity index is 1.80. The topological polar surface area (TPSA) is 105 Å². The molecule has 0 amide bonds. The summed E-state index contributed by atoms with van der Waals surface area (Å²) in [6, 6.07) is 13.3. The molecule has 0 saturated heterocycles. The van der Waals surface area contributed by atoms with E-state index in [-0.39, 0.29) is 22.3 Å². The first kappa shape index (κ1) is 25.5. The van der Waals surface area contributed by atoms with Gasteiger partial charge in [-0.1, -0.05) is 29.8 Å². The SMILES string of the molecule is CC(OC(=O)c1cc(Oc2ccc(C(F)(F)F)cc2Cl)ccc1[N+](=O)[O-])C(=O)Oc1ccccc1. The van der Waals surface area contributed by atoms with Crippen LogP contribution in [0.15, 0.2) is 66.7 Å². The van der Waals surface area contributed by atoms with Gasteiger partial charge in [0, 0.05) is 12.1 Å². The molecule has 12 heteroatoms. The van der Waals surface area contributed by atoms with Crippen LogP contribution in [0.5, 0.6) is 17.2 Å². The molecule has 182 valence electrons. The van der Waals surface area contributed by atoms with Crippen LogP contribution < -0.4 is 9.47 Å². The second-order valence-corrected chi connectivity index (χ2v) is 7.37. The Morgan fingerprint density at radius 2 is 1.69 bits per heavy atom. The average molecular weight is 510 g/mol. The molecule has 0 bridgehead atoms. The van der Waals surface area contributed by atoms with Crippen molar-refractivity contribution in [2.45, 2.75) is 19.2 Å². The lowest BCUT2D eigenvalue weighted by Crippen LogP contribution is -2.28. The van der Waals surface area contributed by atoms with Gasteiger partial charge in [-0.2, -0.15) is 13.2 Å². The van der Waals surface area contributed by atoms with Crippen molar-refractivity contribution in [1.82, 2.24) is 0 Å². The Bertz CT molecular complexity index is 1270. The first-order valence-corrected chi connectivity index (χ1v) is 10.1. The molecule has 0 radical (unpaired) electrons. The lowest BCUT2D eigenvalue weighted by Gasteiger charge is -2.14. The molecule has 0 aliphatic carbocycles. The Morgan fingerprint density at radius 3 is 2.29 bits per heavy atom. The second-order valence-electron chi connectivity index (χ2n) is 6.96. The van der Waals surface area contributed by atoms with Crippen molar-refractivity contribution in [3.63, 3.8) is 0 Å². The molecule has 0 fully saturated rings. The molecule has 0 aromatic heterocycles. The fourth-order valence-electron chi connectivity index (χ4n) is 2.75. The minimum absolute atomic E-state index is 0.149. The van der Waals surface area contributed by atoms with E-state index >= 15 is 0 Å². The molecule has 1 atom stereocenters. The number of carbonyl (C=O) groups is 2. The van der Waals surface area contributed by atoms with Gasteiger partial charge < -0.3 is 14.2 Å². The lowest BCUT2D eigenvalue weighted by molar-refractivity contribution is -0.385. The number of nitrogens with zero attached hydrogens (tertiary/aromatic N) is 1. The fourth-order valence-corrected chi connectivity index (χ4v) is 2.97. The summed E-state index contributed by atoms with van der Waals surface area (Å²) in [4.78, 5) is 35.3. The maximum absolute atomic E-state index is 12.8. The first-order chi connectivity index (χ1) is 16.5. The van der Waals surface area contributed by atoms with Gasteiger partial charge in [-0.05, 0) is 43.3 Å². The van der Waals surface area contributed by atoms with E-state index in [4.69, 9.17) is 25.8 Å². The number of nitro groups is 1. The summed E-state index contributed by atoms with van der Waals surface area (Å²) in [6.45, 7) is 1.22. The Labute approximate surface area is 200 Å². The highest BCUT2D eigenvalue weighted by Gasteiger charge is 2.31. The lowest BCUT2D eigenvalue weighted by atomic mass is 10.1. The van der Waals surface area contributed by atoms with Crippen molar-refractivity contribution in [1.29, 1.82) is 0 Å². The van der Waals surface area contributed by atoms with Gasteiger partial charge in [0.25, 0.3) is 5.69 Å². The van der Waals surface area contributed by atoms with Crippen LogP contribution in [-0.2, 0) is 15.7 Å². The minimum Gasteiger partial charge on any atom is -0.456 e. The van der Waals surface area contributed by atoms with Gasteiger partial charge in [-0.25, -0.2) is 9.59 Å². The largest absolute Gasteiger partial charge is 0.456 e. The highest BCUT2D eigenvalue weighted by atomic mass is 35.5. The first-order valence-electron chi connectivity index (χ1n) is 9.76. The van der Waals surface area contributed by atoms with Crippen molar-refractivity contribution in [2.75, 3.05) is 0 Å². The molecule has 0 aliphatic heterocycles. The molecule has 3 aromatic carbocycles. The fraction of sp³-hybridized carbons (Fsp3) is 0.130.